The van der Waals surface area contributed by atoms with Crippen molar-refractivity contribution in [3.63, 3.8) is 0 Å². The second kappa shape index (κ2) is 8.45. The number of thioether (sulfide) groups is 1. The molecule has 0 spiro atoms. The van der Waals surface area contributed by atoms with E-state index in [9.17, 15) is 13.6 Å². The zero-order valence-electron chi connectivity index (χ0n) is 15.1. The first-order valence-electron chi connectivity index (χ1n) is 9.00. The second-order valence-corrected chi connectivity index (χ2v) is 8.57. The summed E-state index contributed by atoms with van der Waals surface area (Å²) in [5.41, 5.74) is 1.42. The van der Waals surface area contributed by atoms with E-state index >= 15 is 0 Å². The molecular weight excluding hydrogens is 400 g/mol. The maximum atomic E-state index is 13.9. The van der Waals surface area contributed by atoms with Gasteiger partial charge in [-0.1, -0.05) is 41.7 Å². The minimum Gasteiger partial charge on any atom is -0.345 e. The Morgan fingerprint density at radius 2 is 1.86 bits per heavy atom. The first kappa shape index (κ1) is 19.1. The summed E-state index contributed by atoms with van der Waals surface area (Å²) in [6.45, 7) is 2.49. The summed E-state index contributed by atoms with van der Waals surface area (Å²) in [6, 6.07) is 12.3. The number of amides is 1. The maximum Gasteiger partial charge on any atom is 0.232 e. The predicted molar refractivity (Wildman–Crippen MR) is 111 cm³/mol. The van der Waals surface area contributed by atoms with Gasteiger partial charge in [0.15, 0.2) is 10.9 Å². The fraction of sp³-hybridized carbons (Fsp3) is 0.300. The van der Waals surface area contributed by atoms with Crippen molar-refractivity contribution in [2.75, 3.05) is 36.8 Å². The molecule has 2 heterocycles. The summed E-state index contributed by atoms with van der Waals surface area (Å²) >= 11 is 2.90. The van der Waals surface area contributed by atoms with Crippen molar-refractivity contribution < 1.29 is 13.6 Å². The van der Waals surface area contributed by atoms with Crippen LogP contribution in [0.2, 0.25) is 0 Å². The van der Waals surface area contributed by atoms with Crippen LogP contribution < -0.4 is 4.90 Å². The topological polar surface area (TPSA) is 36.4 Å². The number of anilines is 1. The Labute approximate surface area is 170 Å². The van der Waals surface area contributed by atoms with Gasteiger partial charge in [-0.25, -0.2) is 13.8 Å². The molecule has 1 aliphatic rings. The van der Waals surface area contributed by atoms with E-state index in [-0.39, 0.29) is 11.4 Å². The highest BCUT2D eigenvalue weighted by Crippen LogP contribution is 2.31. The fourth-order valence-corrected chi connectivity index (χ4v) is 5.09. The fourth-order valence-electron chi connectivity index (χ4n) is 3.15. The molecule has 4 rings (SSSR count). The lowest BCUT2D eigenvalue weighted by molar-refractivity contribution is -0.128. The van der Waals surface area contributed by atoms with Gasteiger partial charge in [0.1, 0.15) is 11.3 Å². The number of piperazine rings is 1. The van der Waals surface area contributed by atoms with Crippen LogP contribution in [0, 0.1) is 11.6 Å². The van der Waals surface area contributed by atoms with Gasteiger partial charge < -0.3 is 9.80 Å². The van der Waals surface area contributed by atoms with Crippen LogP contribution in [-0.4, -0.2) is 47.7 Å². The van der Waals surface area contributed by atoms with Gasteiger partial charge in [0.2, 0.25) is 5.91 Å². The molecule has 0 bridgehead atoms. The van der Waals surface area contributed by atoms with E-state index in [0.29, 0.717) is 41.8 Å². The molecule has 3 aromatic rings. The Bertz CT molecular complexity index is 972. The number of aromatic nitrogens is 1. The van der Waals surface area contributed by atoms with Gasteiger partial charge in [-0.2, -0.15) is 0 Å². The quantitative estimate of drug-likeness (QED) is 0.622. The van der Waals surface area contributed by atoms with Crippen LogP contribution in [0.4, 0.5) is 13.9 Å². The molecule has 8 heteroatoms. The van der Waals surface area contributed by atoms with Gasteiger partial charge in [-0.05, 0) is 11.6 Å². The second-order valence-electron chi connectivity index (χ2n) is 6.58. The van der Waals surface area contributed by atoms with Crippen molar-refractivity contribution in [1.82, 2.24) is 9.88 Å². The van der Waals surface area contributed by atoms with Crippen molar-refractivity contribution in [2.24, 2.45) is 0 Å². The van der Waals surface area contributed by atoms with E-state index in [4.69, 9.17) is 0 Å². The van der Waals surface area contributed by atoms with Gasteiger partial charge in [0, 0.05) is 38.0 Å². The number of carbonyl (C=O) groups is 1. The van der Waals surface area contributed by atoms with Crippen LogP contribution in [0.15, 0.2) is 42.5 Å². The molecule has 0 aliphatic carbocycles. The molecule has 2 aromatic carbocycles. The van der Waals surface area contributed by atoms with E-state index in [1.165, 1.54) is 23.0 Å². The molecule has 0 saturated carbocycles. The lowest BCUT2D eigenvalue weighted by Crippen LogP contribution is -2.49. The third kappa shape index (κ3) is 4.28. The molecule has 4 nitrogen and oxygen atoms in total. The van der Waals surface area contributed by atoms with Gasteiger partial charge in [0.05, 0.1) is 10.5 Å². The Morgan fingerprint density at radius 1 is 1.11 bits per heavy atom. The summed E-state index contributed by atoms with van der Waals surface area (Å²) in [5, 5.41) is 0.671. The van der Waals surface area contributed by atoms with E-state index in [1.807, 2.05) is 28.0 Å². The predicted octanol–water partition coefficient (Wildman–Crippen LogP) is 4.16. The first-order chi connectivity index (χ1) is 13.6. The molecule has 0 unspecified atom stereocenters. The van der Waals surface area contributed by atoms with Crippen LogP contribution >= 0.6 is 23.1 Å². The molecule has 0 radical (unpaired) electrons. The smallest absolute Gasteiger partial charge is 0.232 e. The number of carbonyl (C=O) groups excluding carboxylic acids is 1. The molecule has 0 N–H and O–H groups in total. The van der Waals surface area contributed by atoms with Crippen LogP contribution in [0.5, 0.6) is 0 Å². The normalized spacial score (nSPS) is 14.6. The summed E-state index contributed by atoms with van der Waals surface area (Å²) in [7, 11) is 0. The summed E-state index contributed by atoms with van der Waals surface area (Å²) < 4.78 is 27.7. The van der Waals surface area contributed by atoms with Crippen LogP contribution in [-0.2, 0) is 10.5 Å². The highest BCUT2D eigenvalue weighted by molar-refractivity contribution is 7.99. The van der Waals surface area contributed by atoms with Gasteiger partial charge in [0.25, 0.3) is 0 Å². The Hall–Kier alpha value is -2.19. The molecule has 1 aliphatic heterocycles. The molecule has 146 valence electrons. The number of hydrogen-bond donors (Lipinski definition) is 0. The molecule has 1 fully saturated rings. The van der Waals surface area contributed by atoms with Gasteiger partial charge >= 0.3 is 0 Å². The zero-order chi connectivity index (χ0) is 19.5. The number of thiazole rings is 1. The monoisotopic (exact) mass is 419 g/mol. The third-order valence-electron chi connectivity index (χ3n) is 4.64. The summed E-state index contributed by atoms with van der Waals surface area (Å²) in [4.78, 5) is 20.7. The SMILES string of the molecule is O=C(CSCc1ccccc1)N1CCN(c2nc3c(F)cc(F)cc3s2)CC1. The zero-order valence-corrected chi connectivity index (χ0v) is 16.7. The van der Waals surface area contributed by atoms with E-state index in [1.54, 1.807) is 11.8 Å². The number of halogens is 2. The Morgan fingerprint density at radius 3 is 2.61 bits per heavy atom. The number of nitrogens with zero attached hydrogens (tertiary/aromatic N) is 3. The average Bonchev–Trinajstić information content (AvgIpc) is 3.13. The van der Waals surface area contributed by atoms with Gasteiger partial charge in [-0.3, -0.25) is 4.79 Å². The molecule has 0 atom stereocenters. The van der Waals surface area contributed by atoms with Crippen LogP contribution in [0.1, 0.15) is 5.56 Å². The van der Waals surface area contributed by atoms with Gasteiger partial charge in [-0.15, -0.1) is 11.8 Å². The van der Waals surface area contributed by atoms with Crippen molar-refractivity contribution in [2.45, 2.75) is 5.75 Å². The number of fused-ring (bicyclic) bond motifs is 1. The molecular formula is C20H19F2N3OS2. The van der Waals surface area contributed by atoms with Crippen molar-refractivity contribution in [3.8, 4) is 0 Å². The standard InChI is InChI=1S/C20H19F2N3OS2/c21-15-10-16(22)19-17(11-15)28-20(23-19)25-8-6-24(7-9-25)18(26)13-27-12-14-4-2-1-3-5-14/h1-5,10-11H,6-9,12-13H2. The summed E-state index contributed by atoms with van der Waals surface area (Å²) in [6.07, 6.45) is 0. The first-order valence-corrected chi connectivity index (χ1v) is 11.0. The van der Waals surface area contributed by atoms with E-state index in [0.717, 1.165) is 11.8 Å². The minimum absolute atomic E-state index is 0.137. The minimum atomic E-state index is -0.637. The Balaban J connectivity index is 1.30. The molecule has 1 saturated heterocycles. The highest BCUT2D eigenvalue weighted by atomic mass is 32.2. The lowest BCUT2D eigenvalue weighted by atomic mass is 10.2. The molecule has 1 amide bonds. The van der Waals surface area contributed by atoms with Crippen LogP contribution in [0.3, 0.4) is 0 Å². The number of benzene rings is 2. The maximum absolute atomic E-state index is 13.9. The number of hydrogen-bond acceptors (Lipinski definition) is 5. The lowest BCUT2D eigenvalue weighted by Gasteiger charge is -2.34. The highest BCUT2D eigenvalue weighted by Gasteiger charge is 2.23. The van der Waals surface area contributed by atoms with Crippen molar-refractivity contribution >= 4 is 44.4 Å². The number of rotatable bonds is 5. The third-order valence-corrected chi connectivity index (χ3v) is 6.69. The van der Waals surface area contributed by atoms with E-state index < -0.39 is 11.6 Å². The average molecular weight is 420 g/mol. The van der Waals surface area contributed by atoms with E-state index in [2.05, 4.69) is 17.1 Å². The molecule has 28 heavy (non-hydrogen) atoms. The summed E-state index contributed by atoms with van der Waals surface area (Å²) in [5.74, 6) is 0.185. The Kier molecular flexibility index (Phi) is 5.77. The van der Waals surface area contributed by atoms with Crippen molar-refractivity contribution in [1.29, 1.82) is 0 Å². The van der Waals surface area contributed by atoms with Crippen molar-refractivity contribution in [3.05, 3.63) is 59.7 Å². The van der Waals surface area contributed by atoms with Crippen LogP contribution in [0.25, 0.3) is 10.2 Å². The largest absolute Gasteiger partial charge is 0.345 e. The molecule has 1 aromatic heterocycles.